The van der Waals surface area contributed by atoms with Crippen LogP contribution in [-0.2, 0) is 9.84 Å². The molecule has 104 valence electrons. The molecule has 0 aliphatic rings. The Morgan fingerprint density at radius 1 is 1.15 bits per heavy atom. The summed E-state index contributed by atoms with van der Waals surface area (Å²) in [5.74, 6) is -0.417. The number of pyridine rings is 1. The van der Waals surface area contributed by atoms with Crippen LogP contribution in [0.5, 0.6) is 0 Å². The molecule has 7 heteroatoms. The van der Waals surface area contributed by atoms with Gasteiger partial charge in [-0.2, -0.15) is 0 Å². The number of amides is 1. The minimum atomic E-state index is -3.25. The quantitative estimate of drug-likeness (QED) is 0.883. The summed E-state index contributed by atoms with van der Waals surface area (Å²) in [6.07, 6.45) is 1.12. The maximum atomic E-state index is 11.9. The predicted octanol–water partition coefficient (Wildman–Crippen LogP) is 2.39. The molecule has 1 N–H and O–H groups in total. The number of aromatic nitrogens is 1. The third kappa shape index (κ3) is 3.55. The molecule has 1 amide bonds. The van der Waals surface area contributed by atoms with Crippen molar-refractivity contribution in [2.24, 2.45) is 0 Å². The van der Waals surface area contributed by atoms with Gasteiger partial charge in [0, 0.05) is 11.9 Å². The smallest absolute Gasteiger partial charge is 0.274 e. The summed E-state index contributed by atoms with van der Waals surface area (Å²) in [5.41, 5.74) is 0.661. The van der Waals surface area contributed by atoms with Crippen molar-refractivity contribution in [1.82, 2.24) is 4.98 Å². The Labute approximate surface area is 121 Å². The highest BCUT2D eigenvalue weighted by molar-refractivity contribution is 7.90. The minimum Gasteiger partial charge on any atom is -0.321 e. The van der Waals surface area contributed by atoms with E-state index in [0.717, 1.165) is 6.26 Å². The second-order valence-corrected chi connectivity index (χ2v) is 6.50. The van der Waals surface area contributed by atoms with Crippen LogP contribution in [-0.4, -0.2) is 25.6 Å². The van der Waals surface area contributed by atoms with Gasteiger partial charge in [-0.05, 0) is 36.4 Å². The van der Waals surface area contributed by atoms with Crippen molar-refractivity contribution in [2.45, 2.75) is 4.90 Å². The Bertz CT molecular complexity index is 742. The molecule has 20 heavy (non-hydrogen) atoms. The first kappa shape index (κ1) is 14.5. The van der Waals surface area contributed by atoms with E-state index in [4.69, 9.17) is 11.6 Å². The fourth-order valence-corrected chi connectivity index (χ4v) is 2.31. The van der Waals surface area contributed by atoms with Gasteiger partial charge < -0.3 is 5.32 Å². The van der Waals surface area contributed by atoms with Gasteiger partial charge in [0.25, 0.3) is 5.91 Å². The van der Waals surface area contributed by atoms with Gasteiger partial charge in [0.2, 0.25) is 0 Å². The molecule has 0 atom stereocenters. The fourth-order valence-electron chi connectivity index (χ4n) is 1.52. The van der Waals surface area contributed by atoms with Gasteiger partial charge in [0.05, 0.1) is 4.90 Å². The van der Waals surface area contributed by atoms with Crippen molar-refractivity contribution in [3.05, 3.63) is 53.3 Å². The van der Waals surface area contributed by atoms with Gasteiger partial charge in [0.1, 0.15) is 10.8 Å². The molecule has 1 aromatic heterocycles. The Balaban J connectivity index is 2.16. The molecule has 0 radical (unpaired) electrons. The number of nitrogens with zero attached hydrogens (tertiary/aromatic N) is 1. The number of benzene rings is 1. The lowest BCUT2D eigenvalue weighted by Gasteiger charge is -2.05. The van der Waals surface area contributed by atoms with Crippen molar-refractivity contribution in [3.63, 3.8) is 0 Å². The van der Waals surface area contributed by atoms with Crippen molar-refractivity contribution >= 4 is 33.0 Å². The Hall–Kier alpha value is -1.92. The van der Waals surface area contributed by atoms with Crippen LogP contribution in [0.4, 0.5) is 5.69 Å². The molecule has 0 unspecified atom stereocenters. The Morgan fingerprint density at radius 2 is 1.80 bits per heavy atom. The van der Waals surface area contributed by atoms with Crippen LogP contribution < -0.4 is 5.32 Å². The van der Waals surface area contributed by atoms with Crippen LogP contribution in [0.2, 0.25) is 5.15 Å². The van der Waals surface area contributed by atoms with E-state index < -0.39 is 15.7 Å². The number of nitrogens with one attached hydrogen (secondary N) is 1. The average molecular weight is 311 g/mol. The summed E-state index contributed by atoms with van der Waals surface area (Å²) >= 11 is 5.71. The normalized spacial score (nSPS) is 11.1. The molecule has 5 nitrogen and oxygen atoms in total. The van der Waals surface area contributed by atoms with E-state index >= 15 is 0 Å². The van der Waals surface area contributed by atoms with Crippen molar-refractivity contribution in [2.75, 3.05) is 11.6 Å². The molecule has 0 spiro atoms. The van der Waals surface area contributed by atoms with Gasteiger partial charge in [-0.1, -0.05) is 17.7 Å². The average Bonchev–Trinajstić information content (AvgIpc) is 2.38. The van der Waals surface area contributed by atoms with E-state index in [1.165, 1.54) is 30.3 Å². The maximum Gasteiger partial charge on any atom is 0.274 e. The number of anilines is 1. The van der Waals surface area contributed by atoms with Gasteiger partial charge in [0.15, 0.2) is 9.84 Å². The molecule has 1 aromatic carbocycles. The van der Waals surface area contributed by atoms with Crippen LogP contribution in [0.3, 0.4) is 0 Å². The van der Waals surface area contributed by atoms with Crippen molar-refractivity contribution in [1.29, 1.82) is 0 Å². The minimum absolute atomic E-state index is 0.185. The SMILES string of the molecule is CS(=O)(=O)c1ccc(NC(=O)c2cccc(Cl)n2)cc1. The van der Waals surface area contributed by atoms with E-state index in [-0.39, 0.29) is 15.7 Å². The van der Waals surface area contributed by atoms with E-state index in [2.05, 4.69) is 10.3 Å². The number of sulfone groups is 1. The highest BCUT2D eigenvalue weighted by atomic mass is 35.5. The zero-order valence-corrected chi connectivity index (χ0v) is 12.1. The van der Waals surface area contributed by atoms with Gasteiger partial charge in [-0.3, -0.25) is 4.79 Å². The van der Waals surface area contributed by atoms with E-state index in [1.807, 2.05) is 0 Å². The summed E-state index contributed by atoms with van der Waals surface area (Å²) in [4.78, 5) is 16.0. The lowest BCUT2D eigenvalue weighted by Crippen LogP contribution is -2.13. The van der Waals surface area contributed by atoms with E-state index in [0.29, 0.717) is 5.69 Å². The first-order valence-corrected chi connectivity index (χ1v) is 7.87. The Morgan fingerprint density at radius 3 is 2.35 bits per heavy atom. The number of rotatable bonds is 3. The largest absolute Gasteiger partial charge is 0.321 e. The standard InChI is InChI=1S/C13H11ClN2O3S/c1-20(18,19)10-7-5-9(6-8-10)15-13(17)11-3-2-4-12(14)16-11/h2-8H,1H3,(H,15,17). The van der Waals surface area contributed by atoms with Gasteiger partial charge >= 0.3 is 0 Å². The molecule has 0 saturated carbocycles. The molecule has 0 saturated heterocycles. The fraction of sp³-hybridized carbons (Fsp3) is 0.0769. The van der Waals surface area contributed by atoms with Crippen LogP contribution >= 0.6 is 11.6 Å². The summed E-state index contributed by atoms with van der Waals surface area (Å²) < 4.78 is 22.6. The van der Waals surface area contributed by atoms with Gasteiger partial charge in [-0.25, -0.2) is 13.4 Å². The first-order valence-electron chi connectivity index (χ1n) is 5.60. The van der Waals surface area contributed by atoms with Gasteiger partial charge in [-0.15, -0.1) is 0 Å². The summed E-state index contributed by atoms with van der Waals surface area (Å²) in [5, 5.41) is 2.84. The number of carbonyl (C=O) groups excluding carboxylic acids is 1. The molecule has 0 aliphatic carbocycles. The zero-order chi connectivity index (χ0) is 14.8. The summed E-state index contributed by atoms with van der Waals surface area (Å²) in [6.45, 7) is 0. The number of halogens is 1. The molecular formula is C13H11ClN2O3S. The van der Waals surface area contributed by atoms with Crippen LogP contribution in [0.25, 0.3) is 0 Å². The highest BCUT2D eigenvalue weighted by Gasteiger charge is 2.10. The second-order valence-electron chi connectivity index (χ2n) is 4.10. The molecule has 0 fully saturated rings. The monoisotopic (exact) mass is 310 g/mol. The van der Waals surface area contributed by atoms with Crippen LogP contribution in [0.15, 0.2) is 47.4 Å². The maximum absolute atomic E-state index is 11.9. The lowest BCUT2D eigenvalue weighted by molar-refractivity contribution is 0.102. The number of hydrogen-bond acceptors (Lipinski definition) is 4. The van der Waals surface area contributed by atoms with Crippen LogP contribution in [0, 0.1) is 0 Å². The Kier molecular flexibility index (Phi) is 4.06. The summed E-state index contributed by atoms with van der Waals surface area (Å²) in [7, 11) is -3.25. The highest BCUT2D eigenvalue weighted by Crippen LogP contribution is 2.15. The first-order chi connectivity index (χ1) is 9.36. The van der Waals surface area contributed by atoms with Crippen molar-refractivity contribution in [3.8, 4) is 0 Å². The second kappa shape index (κ2) is 5.60. The molecule has 2 rings (SSSR count). The molecule has 2 aromatic rings. The predicted molar refractivity (Wildman–Crippen MR) is 76.8 cm³/mol. The third-order valence-corrected chi connectivity index (χ3v) is 3.83. The molecule has 0 bridgehead atoms. The molecular weight excluding hydrogens is 300 g/mol. The lowest BCUT2D eigenvalue weighted by atomic mass is 10.3. The van der Waals surface area contributed by atoms with E-state index in [9.17, 15) is 13.2 Å². The van der Waals surface area contributed by atoms with Crippen molar-refractivity contribution < 1.29 is 13.2 Å². The molecule has 0 aliphatic heterocycles. The third-order valence-electron chi connectivity index (χ3n) is 2.49. The molecule has 1 heterocycles. The topological polar surface area (TPSA) is 76.1 Å². The van der Waals surface area contributed by atoms with E-state index in [1.54, 1.807) is 12.1 Å². The zero-order valence-electron chi connectivity index (χ0n) is 10.5. The number of hydrogen-bond donors (Lipinski definition) is 1. The van der Waals surface area contributed by atoms with Crippen LogP contribution in [0.1, 0.15) is 10.5 Å². The number of carbonyl (C=O) groups is 1. The summed E-state index contributed by atoms with van der Waals surface area (Å²) in [6, 6.07) is 10.6.